The Morgan fingerprint density at radius 2 is 1.83 bits per heavy atom. The van der Waals surface area contributed by atoms with Crippen LogP contribution in [0.5, 0.6) is 0 Å². The van der Waals surface area contributed by atoms with Crippen molar-refractivity contribution in [3.8, 4) is 0 Å². The average molecular weight is 304 g/mol. The van der Waals surface area contributed by atoms with Gasteiger partial charge in [-0.05, 0) is 6.04 Å². The molecule has 0 aromatic carbocycles. The number of fused-ring (bicyclic) bond motifs is 2. The molecule has 0 radical (unpaired) electrons. The van der Waals surface area contributed by atoms with Gasteiger partial charge in [-0.3, -0.25) is 0 Å². The molecule has 1 nitrogen and oxygen atoms in total. The Balaban J connectivity index is -0.000000202. The molecular weight excluding hydrogens is 296 g/mol. The van der Waals surface area contributed by atoms with E-state index >= 15 is 0 Å². The summed E-state index contributed by atoms with van der Waals surface area (Å²) in [5.41, 5.74) is 0. The zero-order valence-electron chi connectivity index (χ0n) is 6.23. The molecule has 66 valence electrons. The Morgan fingerprint density at radius 3 is 2.33 bits per heavy atom. The van der Waals surface area contributed by atoms with Gasteiger partial charge in [-0.1, -0.05) is 6.42 Å². The molecule has 1 aliphatic carbocycles. The first kappa shape index (κ1) is 18.6. The number of hydrogen-bond donors (Lipinski definition) is 1. The summed E-state index contributed by atoms with van der Waals surface area (Å²) < 4.78 is 0. The summed E-state index contributed by atoms with van der Waals surface area (Å²) >= 11 is 0. The molecular formula is C7H8Cl3NZr. The first-order valence-electron chi connectivity index (χ1n) is 2.92. The van der Waals surface area contributed by atoms with Crippen LogP contribution >= 0.6 is 0 Å². The molecule has 1 heterocycles. The molecule has 0 spiro atoms. The van der Waals surface area contributed by atoms with E-state index in [0.29, 0.717) is 6.04 Å². The Hall–Kier alpha value is 0.903. The van der Waals surface area contributed by atoms with E-state index < -0.39 is 0 Å². The summed E-state index contributed by atoms with van der Waals surface area (Å²) in [7, 11) is 0. The van der Waals surface area contributed by atoms with Crippen LogP contribution in [0.4, 0.5) is 0 Å². The molecule has 0 amide bonds. The SMILES string of the molecule is C1=C[C-]2C=CC(C2)N1.[Cl-].[Cl-].[Cl-].[Zr+4]. The summed E-state index contributed by atoms with van der Waals surface area (Å²) in [6.45, 7) is 0. The van der Waals surface area contributed by atoms with Gasteiger partial charge in [0, 0.05) is 0 Å². The van der Waals surface area contributed by atoms with Gasteiger partial charge in [0.25, 0.3) is 0 Å². The van der Waals surface area contributed by atoms with E-state index in [-0.39, 0.29) is 63.4 Å². The van der Waals surface area contributed by atoms with E-state index in [1.807, 2.05) is 6.20 Å². The van der Waals surface area contributed by atoms with Crippen molar-refractivity contribution in [1.82, 2.24) is 5.32 Å². The van der Waals surface area contributed by atoms with Gasteiger partial charge in [-0.2, -0.15) is 24.1 Å². The fourth-order valence-corrected chi connectivity index (χ4v) is 1.15. The van der Waals surface area contributed by atoms with Crippen molar-refractivity contribution in [2.75, 3.05) is 0 Å². The van der Waals surface area contributed by atoms with Crippen LogP contribution in [0.2, 0.25) is 0 Å². The number of hydrogen-bond acceptors (Lipinski definition) is 1. The fourth-order valence-electron chi connectivity index (χ4n) is 1.15. The van der Waals surface area contributed by atoms with Crippen molar-refractivity contribution in [2.24, 2.45) is 0 Å². The Kier molecular flexibility index (Phi) is 13.2. The minimum absolute atomic E-state index is 0. The van der Waals surface area contributed by atoms with E-state index in [0.717, 1.165) is 0 Å². The molecule has 0 aromatic heterocycles. The molecule has 1 aliphatic heterocycles. The molecule has 0 aromatic rings. The largest absolute Gasteiger partial charge is 4.00 e. The summed E-state index contributed by atoms with van der Waals surface area (Å²) in [6.07, 6.45) is 9.72. The van der Waals surface area contributed by atoms with Gasteiger partial charge in [0.15, 0.2) is 0 Å². The predicted octanol–water partition coefficient (Wildman–Crippen LogP) is -7.98. The molecule has 1 N–H and O–H groups in total. The van der Waals surface area contributed by atoms with Crippen LogP contribution in [0.25, 0.3) is 0 Å². The molecule has 1 unspecified atom stereocenters. The number of nitrogens with one attached hydrogen (secondary N) is 1. The molecule has 5 heteroatoms. The maximum absolute atomic E-state index is 3.22. The maximum Gasteiger partial charge on any atom is 4.00 e. The van der Waals surface area contributed by atoms with E-state index in [9.17, 15) is 0 Å². The second-order valence-corrected chi connectivity index (χ2v) is 2.24. The quantitative estimate of drug-likeness (QED) is 0.439. The van der Waals surface area contributed by atoms with Crippen molar-refractivity contribution >= 4 is 0 Å². The van der Waals surface area contributed by atoms with Gasteiger partial charge in [-0.15, -0.1) is 6.20 Å². The summed E-state index contributed by atoms with van der Waals surface area (Å²) in [5.74, 6) is 1.45. The Morgan fingerprint density at radius 1 is 1.17 bits per heavy atom. The second-order valence-electron chi connectivity index (χ2n) is 2.24. The van der Waals surface area contributed by atoms with Crippen LogP contribution in [-0.2, 0) is 26.2 Å². The smallest absolute Gasteiger partial charge is 1.00 e. The van der Waals surface area contributed by atoms with Crippen LogP contribution in [0, 0.1) is 5.92 Å². The summed E-state index contributed by atoms with van der Waals surface area (Å²) in [5, 5.41) is 3.22. The van der Waals surface area contributed by atoms with Gasteiger partial charge in [0.1, 0.15) is 0 Å². The predicted molar refractivity (Wildman–Crippen MR) is 33.1 cm³/mol. The van der Waals surface area contributed by atoms with E-state index in [2.05, 4.69) is 23.5 Å². The standard InChI is InChI=1S/C7H8N.3ClH.Zr/c1-2-7-5-6(1)3-4-8-7;;;;/h1-4,7-8H,5H2;3*1H;/q-1;;;;+4/p-3. The van der Waals surface area contributed by atoms with E-state index in [1.165, 1.54) is 12.3 Å². The maximum atomic E-state index is 3.22. The minimum atomic E-state index is 0. The molecule has 12 heavy (non-hydrogen) atoms. The van der Waals surface area contributed by atoms with Gasteiger partial charge in [0.2, 0.25) is 0 Å². The van der Waals surface area contributed by atoms with Gasteiger partial charge in [-0.25, -0.2) is 0 Å². The van der Waals surface area contributed by atoms with Crippen molar-refractivity contribution in [1.29, 1.82) is 0 Å². The Bertz CT molecular complexity index is 159. The van der Waals surface area contributed by atoms with Crippen molar-refractivity contribution < 1.29 is 63.4 Å². The third-order valence-corrected chi connectivity index (χ3v) is 1.61. The van der Waals surface area contributed by atoms with Crippen LogP contribution in [0.1, 0.15) is 6.42 Å². The normalized spacial score (nSPS) is 20.7. The molecule has 1 atom stereocenters. The third kappa shape index (κ3) is 4.23. The first-order chi connectivity index (χ1) is 3.95. The minimum Gasteiger partial charge on any atom is -1.00 e. The number of halogens is 3. The summed E-state index contributed by atoms with van der Waals surface area (Å²) in [6, 6.07) is 0.606. The molecule has 0 fully saturated rings. The van der Waals surface area contributed by atoms with Crippen molar-refractivity contribution in [2.45, 2.75) is 12.5 Å². The van der Waals surface area contributed by atoms with E-state index in [1.54, 1.807) is 0 Å². The molecule has 0 saturated carbocycles. The van der Waals surface area contributed by atoms with Crippen molar-refractivity contribution in [3.63, 3.8) is 0 Å². The monoisotopic (exact) mass is 301 g/mol. The second kappa shape index (κ2) is 8.50. The number of rotatable bonds is 0. The van der Waals surface area contributed by atoms with E-state index in [4.69, 9.17) is 0 Å². The van der Waals surface area contributed by atoms with Crippen LogP contribution in [0.3, 0.4) is 0 Å². The zero-order chi connectivity index (χ0) is 5.40. The topological polar surface area (TPSA) is 12.0 Å². The summed E-state index contributed by atoms with van der Waals surface area (Å²) in [4.78, 5) is 0. The Labute approximate surface area is 111 Å². The van der Waals surface area contributed by atoms with Crippen LogP contribution in [-0.4, -0.2) is 6.04 Å². The van der Waals surface area contributed by atoms with Gasteiger partial charge in [0.05, 0.1) is 0 Å². The van der Waals surface area contributed by atoms with Gasteiger partial charge >= 0.3 is 26.2 Å². The first-order valence-corrected chi connectivity index (χ1v) is 2.92. The fraction of sp³-hybridized carbons (Fsp3) is 0.286. The molecule has 2 bridgehead atoms. The molecule has 2 rings (SSSR count). The third-order valence-electron chi connectivity index (χ3n) is 1.61. The van der Waals surface area contributed by atoms with Gasteiger partial charge < -0.3 is 42.5 Å². The average Bonchev–Trinajstić information content (AvgIpc) is 2.12. The number of allylic oxidation sites excluding steroid dienone is 2. The molecule has 0 saturated heterocycles. The van der Waals surface area contributed by atoms with Crippen molar-refractivity contribution in [3.05, 3.63) is 30.3 Å². The van der Waals surface area contributed by atoms with Crippen LogP contribution in [0.15, 0.2) is 24.4 Å². The molecule has 2 aliphatic rings. The zero-order valence-corrected chi connectivity index (χ0v) is 11.0. The van der Waals surface area contributed by atoms with Crippen LogP contribution < -0.4 is 42.5 Å².